The van der Waals surface area contributed by atoms with Crippen LogP contribution in [0.5, 0.6) is 0 Å². The summed E-state index contributed by atoms with van der Waals surface area (Å²) in [6.07, 6.45) is 11.5. The van der Waals surface area contributed by atoms with Crippen molar-refractivity contribution in [1.82, 2.24) is 0 Å². The van der Waals surface area contributed by atoms with E-state index in [9.17, 15) is 0 Å². The highest BCUT2D eigenvalue weighted by Crippen LogP contribution is 2.30. The van der Waals surface area contributed by atoms with Crippen LogP contribution in [0.1, 0.15) is 72.9 Å². The minimum atomic E-state index is 0.525. The molecule has 0 heterocycles. The number of rotatable bonds is 5. The van der Waals surface area contributed by atoms with Crippen molar-refractivity contribution in [3.63, 3.8) is 0 Å². The van der Waals surface area contributed by atoms with E-state index in [2.05, 4.69) is 103 Å². The second-order valence-corrected chi connectivity index (χ2v) is 8.51. The Morgan fingerprint density at radius 1 is 1.00 bits per heavy atom. The van der Waals surface area contributed by atoms with Crippen molar-refractivity contribution in [2.45, 2.75) is 73.1 Å². The number of hydrogen-bond donors (Lipinski definition) is 0. The number of aryl methyl sites for hydroxylation is 4. The summed E-state index contributed by atoms with van der Waals surface area (Å²) in [6.45, 7) is 17.0. The Balaban J connectivity index is 0.000000212. The largest absolute Gasteiger partial charge is 0.0998 e. The number of benzene rings is 2. The summed E-state index contributed by atoms with van der Waals surface area (Å²) in [4.78, 5) is 0. The molecule has 0 aliphatic heterocycles. The molecular weight excluding hydrogens is 348 g/mol. The van der Waals surface area contributed by atoms with Crippen LogP contribution in [-0.4, -0.2) is 0 Å². The lowest BCUT2D eigenvalue weighted by Gasteiger charge is -2.18. The fraction of sp³-hybridized carbons (Fsp3) is 0.379. The average molecular weight is 387 g/mol. The maximum atomic E-state index is 3.92. The van der Waals surface area contributed by atoms with Gasteiger partial charge in [0.15, 0.2) is 0 Å². The summed E-state index contributed by atoms with van der Waals surface area (Å²) in [5.41, 5.74) is 11.1. The Hall–Kier alpha value is -2.34. The molecule has 1 aliphatic rings. The molecule has 0 saturated heterocycles. The molecule has 0 aromatic heterocycles. The Bertz CT molecular complexity index is 892. The van der Waals surface area contributed by atoms with Gasteiger partial charge in [0, 0.05) is 5.92 Å². The van der Waals surface area contributed by atoms with E-state index in [4.69, 9.17) is 0 Å². The molecule has 2 aromatic carbocycles. The Labute approximate surface area is 179 Å². The summed E-state index contributed by atoms with van der Waals surface area (Å²) in [5.74, 6) is 0.525. The Kier molecular flexibility index (Phi) is 8.70. The minimum Gasteiger partial charge on any atom is -0.0998 e. The topological polar surface area (TPSA) is 0 Å². The summed E-state index contributed by atoms with van der Waals surface area (Å²) in [7, 11) is 0. The second-order valence-electron chi connectivity index (χ2n) is 8.51. The highest BCUT2D eigenvalue weighted by atomic mass is 14.2. The third-order valence-electron chi connectivity index (χ3n) is 5.71. The van der Waals surface area contributed by atoms with E-state index in [0.717, 1.165) is 12.8 Å². The zero-order valence-electron chi connectivity index (χ0n) is 19.3. The summed E-state index contributed by atoms with van der Waals surface area (Å²) < 4.78 is 0. The lowest BCUT2D eigenvalue weighted by molar-refractivity contribution is 0.873. The summed E-state index contributed by atoms with van der Waals surface area (Å²) >= 11 is 0. The fourth-order valence-electron chi connectivity index (χ4n) is 4.06. The highest BCUT2D eigenvalue weighted by molar-refractivity contribution is 5.41. The minimum absolute atomic E-state index is 0.525. The zero-order valence-corrected chi connectivity index (χ0v) is 19.3. The third kappa shape index (κ3) is 6.89. The van der Waals surface area contributed by atoms with Gasteiger partial charge in [0.25, 0.3) is 0 Å². The van der Waals surface area contributed by atoms with Gasteiger partial charge in [-0.05, 0) is 86.8 Å². The molecule has 1 aliphatic carbocycles. The van der Waals surface area contributed by atoms with Gasteiger partial charge in [-0.2, -0.15) is 0 Å². The van der Waals surface area contributed by atoms with Gasteiger partial charge in [0.1, 0.15) is 0 Å². The molecule has 29 heavy (non-hydrogen) atoms. The monoisotopic (exact) mass is 386 g/mol. The molecule has 2 aromatic rings. The van der Waals surface area contributed by atoms with Crippen LogP contribution in [0.4, 0.5) is 0 Å². The number of hydrogen-bond acceptors (Lipinski definition) is 0. The third-order valence-corrected chi connectivity index (χ3v) is 5.71. The summed E-state index contributed by atoms with van der Waals surface area (Å²) in [6, 6.07) is 13.5. The first kappa shape index (κ1) is 22.9. The molecular formula is C29H38. The van der Waals surface area contributed by atoms with Crippen LogP contribution in [0.3, 0.4) is 0 Å². The van der Waals surface area contributed by atoms with Crippen LogP contribution < -0.4 is 0 Å². The quantitative estimate of drug-likeness (QED) is 0.453. The average Bonchev–Trinajstić information content (AvgIpc) is 2.68. The second kappa shape index (κ2) is 11.0. The van der Waals surface area contributed by atoms with E-state index in [1.165, 1.54) is 57.4 Å². The first-order valence-electron chi connectivity index (χ1n) is 11.0. The Morgan fingerprint density at radius 3 is 2.31 bits per heavy atom. The molecule has 0 fully saturated rings. The van der Waals surface area contributed by atoms with Crippen LogP contribution in [-0.2, 0) is 12.8 Å². The van der Waals surface area contributed by atoms with Gasteiger partial charge in [0.05, 0.1) is 0 Å². The fourth-order valence-corrected chi connectivity index (χ4v) is 4.06. The van der Waals surface area contributed by atoms with Crippen molar-refractivity contribution in [2.24, 2.45) is 0 Å². The van der Waals surface area contributed by atoms with Crippen molar-refractivity contribution in [1.29, 1.82) is 0 Å². The molecule has 0 radical (unpaired) electrons. The van der Waals surface area contributed by atoms with E-state index in [-0.39, 0.29) is 0 Å². The zero-order chi connectivity index (χ0) is 21.4. The molecule has 154 valence electrons. The predicted octanol–water partition coefficient (Wildman–Crippen LogP) is 8.36. The van der Waals surface area contributed by atoms with Crippen LogP contribution in [0, 0.1) is 20.8 Å². The van der Waals surface area contributed by atoms with Crippen LogP contribution in [0.25, 0.3) is 0 Å². The molecule has 0 amide bonds. The molecule has 1 unspecified atom stereocenters. The SMILES string of the molecule is C=C(C)Cc1ccc(CC)c(C)c1.Cc1ccc(C(C)C2=CCCC=C2)c(C)c1. The summed E-state index contributed by atoms with van der Waals surface area (Å²) in [5, 5.41) is 0. The van der Waals surface area contributed by atoms with Gasteiger partial charge >= 0.3 is 0 Å². The van der Waals surface area contributed by atoms with Crippen molar-refractivity contribution < 1.29 is 0 Å². The van der Waals surface area contributed by atoms with Gasteiger partial charge in [-0.15, -0.1) is 0 Å². The Morgan fingerprint density at radius 2 is 1.76 bits per heavy atom. The smallest absolute Gasteiger partial charge is 0.00603 e. The van der Waals surface area contributed by atoms with Crippen molar-refractivity contribution >= 4 is 0 Å². The van der Waals surface area contributed by atoms with Crippen molar-refractivity contribution in [3.8, 4) is 0 Å². The van der Waals surface area contributed by atoms with Gasteiger partial charge in [-0.3, -0.25) is 0 Å². The highest BCUT2D eigenvalue weighted by Gasteiger charge is 2.12. The van der Waals surface area contributed by atoms with Gasteiger partial charge < -0.3 is 0 Å². The predicted molar refractivity (Wildman–Crippen MR) is 130 cm³/mol. The van der Waals surface area contributed by atoms with Crippen molar-refractivity contribution in [2.75, 3.05) is 0 Å². The molecule has 0 bridgehead atoms. The maximum absolute atomic E-state index is 3.92. The molecule has 0 spiro atoms. The van der Waals surface area contributed by atoms with Crippen LogP contribution in [0.15, 0.2) is 72.4 Å². The lowest BCUT2D eigenvalue weighted by Crippen LogP contribution is -2.01. The standard InChI is InChI=1S/C16H20.C13H18/c1-12-9-10-16(13(2)11-12)14(3)15-7-5-4-6-8-15;1-5-13-7-6-12(8-10(2)3)9-11(13)4/h5,7-11,14H,4,6H2,1-3H3;6-7,9H,2,5,8H2,1,3-4H3. The van der Waals surface area contributed by atoms with E-state index in [0.29, 0.717) is 5.92 Å². The van der Waals surface area contributed by atoms with Crippen molar-refractivity contribution in [3.05, 3.63) is 106 Å². The normalized spacial score (nSPS) is 13.9. The van der Waals surface area contributed by atoms with Crippen LogP contribution in [0.2, 0.25) is 0 Å². The van der Waals surface area contributed by atoms with Gasteiger partial charge in [0.2, 0.25) is 0 Å². The van der Waals surface area contributed by atoms with E-state index >= 15 is 0 Å². The van der Waals surface area contributed by atoms with Crippen LogP contribution >= 0.6 is 0 Å². The van der Waals surface area contributed by atoms with Gasteiger partial charge in [-0.25, -0.2) is 0 Å². The molecule has 0 nitrogen and oxygen atoms in total. The first-order chi connectivity index (χ1) is 13.8. The van der Waals surface area contributed by atoms with E-state index in [1.54, 1.807) is 0 Å². The maximum Gasteiger partial charge on any atom is 0.00603 e. The molecule has 0 heteroatoms. The molecule has 1 atom stereocenters. The number of allylic oxidation sites excluding steroid dienone is 5. The van der Waals surface area contributed by atoms with E-state index in [1.807, 2.05) is 0 Å². The van der Waals surface area contributed by atoms with E-state index < -0.39 is 0 Å². The van der Waals surface area contributed by atoms with Gasteiger partial charge in [-0.1, -0.05) is 86.2 Å². The molecule has 0 N–H and O–H groups in total. The molecule has 3 rings (SSSR count). The molecule has 0 saturated carbocycles. The lowest BCUT2D eigenvalue weighted by atomic mass is 9.87. The first-order valence-corrected chi connectivity index (χ1v) is 11.0.